The van der Waals surface area contributed by atoms with Crippen molar-refractivity contribution in [2.45, 2.75) is 6.92 Å². The van der Waals surface area contributed by atoms with Crippen LogP contribution in [0, 0.1) is 6.92 Å². The van der Waals surface area contributed by atoms with Crippen molar-refractivity contribution in [3.05, 3.63) is 63.8 Å². The van der Waals surface area contributed by atoms with Crippen molar-refractivity contribution in [2.75, 3.05) is 10.2 Å². The number of amides is 2. The van der Waals surface area contributed by atoms with E-state index in [2.05, 4.69) is 5.32 Å². The lowest BCUT2D eigenvalue weighted by Gasteiger charge is -2.17. The first-order valence-electron chi connectivity index (χ1n) is 7.00. The number of aryl methyl sites for hydroxylation is 1. The number of phenols is 1. The van der Waals surface area contributed by atoms with Gasteiger partial charge in [0.15, 0.2) is 0 Å². The number of carbonyl (C=O) groups is 2. The number of aromatic hydroxyl groups is 1. The summed E-state index contributed by atoms with van der Waals surface area (Å²) in [6.45, 7) is 1.79. The Balaban J connectivity index is 1.98. The summed E-state index contributed by atoms with van der Waals surface area (Å²) in [5.74, 6) is -1.34. The normalized spacial score (nSPS) is 14.5. The van der Waals surface area contributed by atoms with E-state index in [9.17, 15) is 14.7 Å². The Morgan fingerprint density at radius 2 is 1.75 bits per heavy atom. The van der Waals surface area contributed by atoms with E-state index in [-0.39, 0.29) is 22.2 Å². The molecule has 3 rings (SSSR count). The van der Waals surface area contributed by atoms with E-state index < -0.39 is 11.8 Å². The monoisotopic (exact) mass is 362 g/mol. The summed E-state index contributed by atoms with van der Waals surface area (Å²) in [7, 11) is 0. The molecule has 122 valence electrons. The van der Waals surface area contributed by atoms with Crippen molar-refractivity contribution in [1.82, 2.24) is 0 Å². The van der Waals surface area contributed by atoms with Crippen LogP contribution in [0.1, 0.15) is 5.56 Å². The first-order chi connectivity index (χ1) is 11.4. The van der Waals surface area contributed by atoms with Gasteiger partial charge in [-0.05, 0) is 36.8 Å². The molecule has 24 heavy (non-hydrogen) atoms. The molecule has 0 atom stereocenters. The molecule has 0 saturated carbocycles. The molecule has 0 fully saturated rings. The van der Waals surface area contributed by atoms with E-state index in [0.717, 1.165) is 10.5 Å². The highest BCUT2D eigenvalue weighted by Crippen LogP contribution is 2.34. The number of phenolic OH excluding ortho intramolecular Hbond substituents is 1. The van der Waals surface area contributed by atoms with Crippen molar-refractivity contribution in [2.24, 2.45) is 0 Å². The number of nitrogens with zero attached hydrogens (tertiary/aromatic N) is 1. The molecular formula is C17H12Cl2N2O3. The molecule has 0 spiro atoms. The van der Waals surface area contributed by atoms with Crippen LogP contribution >= 0.6 is 23.2 Å². The fourth-order valence-electron chi connectivity index (χ4n) is 2.39. The van der Waals surface area contributed by atoms with Crippen LogP contribution in [-0.2, 0) is 9.59 Å². The van der Waals surface area contributed by atoms with E-state index in [4.69, 9.17) is 23.2 Å². The number of anilines is 2. The van der Waals surface area contributed by atoms with Gasteiger partial charge in [-0.3, -0.25) is 9.59 Å². The number of imide groups is 1. The van der Waals surface area contributed by atoms with Crippen LogP contribution in [0.4, 0.5) is 11.4 Å². The molecule has 2 aromatic carbocycles. The minimum atomic E-state index is -0.625. The van der Waals surface area contributed by atoms with Gasteiger partial charge >= 0.3 is 0 Å². The van der Waals surface area contributed by atoms with Gasteiger partial charge in [0.1, 0.15) is 16.5 Å². The molecule has 1 aliphatic rings. The number of hydrogen-bond acceptors (Lipinski definition) is 4. The fourth-order valence-corrected chi connectivity index (χ4v) is 2.77. The number of benzene rings is 2. The predicted molar refractivity (Wildman–Crippen MR) is 93.3 cm³/mol. The molecule has 0 saturated heterocycles. The Hall–Kier alpha value is -2.50. The maximum absolute atomic E-state index is 12.7. The van der Waals surface area contributed by atoms with Gasteiger partial charge < -0.3 is 10.4 Å². The predicted octanol–water partition coefficient (Wildman–Crippen LogP) is 3.79. The number of para-hydroxylation sites is 1. The molecular weight excluding hydrogens is 351 g/mol. The van der Waals surface area contributed by atoms with Gasteiger partial charge in [0.25, 0.3) is 11.8 Å². The lowest BCUT2D eigenvalue weighted by atomic mass is 10.2. The summed E-state index contributed by atoms with van der Waals surface area (Å²) in [5, 5.41) is 12.7. The molecule has 2 amide bonds. The maximum Gasteiger partial charge on any atom is 0.283 e. The van der Waals surface area contributed by atoms with Crippen LogP contribution in [-0.4, -0.2) is 16.9 Å². The third-order valence-electron chi connectivity index (χ3n) is 3.60. The smallest absolute Gasteiger partial charge is 0.283 e. The zero-order valence-corrected chi connectivity index (χ0v) is 14.0. The number of rotatable bonds is 3. The summed E-state index contributed by atoms with van der Waals surface area (Å²) in [6, 6.07) is 11.3. The molecule has 0 aromatic heterocycles. The van der Waals surface area contributed by atoms with Crippen molar-refractivity contribution < 1.29 is 14.7 Å². The summed E-state index contributed by atoms with van der Waals surface area (Å²) in [6.07, 6.45) is 0. The Morgan fingerprint density at radius 3 is 2.46 bits per heavy atom. The van der Waals surface area contributed by atoms with E-state index in [1.807, 2.05) is 6.07 Å². The SMILES string of the molecule is Cc1ccccc1N1C(=O)C(Cl)=C(Nc2cc(Cl)ccc2O)C1=O. The molecule has 0 bridgehead atoms. The Morgan fingerprint density at radius 1 is 1.04 bits per heavy atom. The van der Waals surface area contributed by atoms with Crippen molar-refractivity contribution >= 4 is 46.4 Å². The highest BCUT2D eigenvalue weighted by molar-refractivity contribution is 6.53. The van der Waals surface area contributed by atoms with Gasteiger partial charge in [-0.1, -0.05) is 41.4 Å². The van der Waals surface area contributed by atoms with Crippen LogP contribution in [0.2, 0.25) is 5.02 Å². The van der Waals surface area contributed by atoms with Crippen LogP contribution < -0.4 is 10.2 Å². The Bertz CT molecular complexity index is 893. The lowest BCUT2D eigenvalue weighted by Crippen LogP contribution is -2.32. The number of hydrogen-bond donors (Lipinski definition) is 2. The van der Waals surface area contributed by atoms with Gasteiger partial charge in [0.05, 0.1) is 11.4 Å². The second kappa shape index (κ2) is 6.19. The molecule has 0 unspecified atom stereocenters. The van der Waals surface area contributed by atoms with Gasteiger partial charge in [-0.2, -0.15) is 0 Å². The maximum atomic E-state index is 12.7. The Labute approximate surface area is 148 Å². The average molecular weight is 363 g/mol. The molecule has 5 nitrogen and oxygen atoms in total. The zero-order chi connectivity index (χ0) is 17.4. The van der Waals surface area contributed by atoms with Gasteiger partial charge in [0.2, 0.25) is 0 Å². The van der Waals surface area contributed by atoms with E-state index in [1.165, 1.54) is 18.2 Å². The molecule has 2 N–H and O–H groups in total. The van der Waals surface area contributed by atoms with Gasteiger partial charge in [-0.25, -0.2) is 4.90 Å². The molecule has 1 aliphatic heterocycles. The van der Waals surface area contributed by atoms with Gasteiger partial charge in [0, 0.05) is 5.02 Å². The standard InChI is InChI=1S/C17H12Cl2N2O3/c1-9-4-2-3-5-12(9)21-16(23)14(19)15(17(21)24)20-11-8-10(18)6-7-13(11)22/h2-8,20,22H,1H3. The first-order valence-corrected chi connectivity index (χ1v) is 7.75. The molecule has 0 radical (unpaired) electrons. The van der Waals surface area contributed by atoms with Crippen molar-refractivity contribution in [3.8, 4) is 5.75 Å². The molecule has 2 aromatic rings. The molecule has 7 heteroatoms. The van der Waals surface area contributed by atoms with E-state index in [1.54, 1.807) is 25.1 Å². The number of halogens is 2. The first kappa shape index (κ1) is 16.4. The third kappa shape index (κ3) is 2.72. The Kier molecular flexibility index (Phi) is 4.22. The molecule has 1 heterocycles. The number of nitrogens with one attached hydrogen (secondary N) is 1. The second-order valence-electron chi connectivity index (χ2n) is 5.21. The summed E-state index contributed by atoms with van der Waals surface area (Å²) in [4.78, 5) is 26.1. The van der Waals surface area contributed by atoms with Crippen LogP contribution in [0.15, 0.2) is 53.2 Å². The van der Waals surface area contributed by atoms with Crippen LogP contribution in [0.5, 0.6) is 5.75 Å². The minimum Gasteiger partial charge on any atom is -0.506 e. The highest BCUT2D eigenvalue weighted by Gasteiger charge is 2.39. The topological polar surface area (TPSA) is 69.6 Å². The molecule has 0 aliphatic carbocycles. The summed E-state index contributed by atoms with van der Waals surface area (Å²) < 4.78 is 0. The highest BCUT2D eigenvalue weighted by atomic mass is 35.5. The quantitative estimate of drug-likeness (QED) is 0.643. The largest absolute Gasteiger partial charge is 0.506 e. The number of carbonyl (C=O) groups excluding carboxylic acids is 2. The average Bonchev–Trinajstić information content (AvgIpc) is 2.75. The summed E-state index contributed by atoms with van der Waals surface area (Å²) >= 11 is 11.9. The van der Waals surface area contributed by atoms with Crippen LogP contribution in [0.25, 0.3) is 0 Å². The zero-order valence-electron chi connectivity index (χ0n) is 12.5. The third-order valence-corrected chi connectivity index (χ3v) is 4.19. The second-order valence-corrected chi connectivity index (χ2v) is 6.02. The minimum absolute atomic E-state index is 0.109. The van der Waals surface area contributed by atoms with E-state index in [0.29, 0.717) is 10.7 Å². The summed E-state index contributed by atoms with van der Waals surface area (Å²) in [5.41, 5.74) is 1.29. The van der Waals surface area contributed by atoms with E-state index >= 15 is 0 Å². The lowest BCUT2D eigenvalue weighted by molar-refractivity contribution is -0.120. The fraction of sp³-hybridized carbons (Fsp3) is 0.0588. The van der Waals surface area contributed by atoms with Crippen LogP contribution in [0.3, 0.4) is 0 Å². The van der Waals surface area contributed by atoms with Crippen molar-refractivity contribution in [3.63, 3.8) is 0 Å². The van der Waals surface area contributed by atoms with Gasteiger partial charge in [-0.15, -0.1) is 0 Å². The van der Waals surface area contributed by atoms with Crippen molar-refractivity contribution in [1.29, 1.82) is 0 Å².